The molecule has 0 spiro atoms. The number of likely N-dealkylation sites (tertiary alicyclic amines) is 2. The van der Waals surface area contributed by atoms with Crippen LogP contribution in [0.2, 0.25) is 0 Å². The summed E-state index contributed by atoms with van der Waals surface area (Å²) in [5, 5.41) is 10.3. The molecule has 3 unspecified atom stereocenters. The van der Waals surface area contributed by atoms with Gasteiger partial charge in [0.25, 0.3) is 0 Å². The molecule has 0 radical (unpaired) electrons. The molecule has 0 aromatic heterocycles. The molecule has 1 amide bonds. The van der Waals surface area contributed by atoms with Crippen molar-refractivity contribution >= 4 is 5.91 Å². The minimum atomic E-state index is -0.944. The summed E-state index contributed by atoms with van der Waals surface area (Å²) in [5.41, 5.74) is 0.465. The van der Waals surface area contributed by atoms with E-state index < -0.39 is 6.10 Å². The summed E-state index contributed by atoms with van der Waals surface area (Å²) >= 11 is 0. The molecule has 3 atom stereocenters. The Hall–Kier alpha value is -1.46. The minimum Gasteiger partial charge on any atom is -0.388 e. The van der Waals surface area contributed by atoms with Gasteiger partial charge in [-0.15, -0.1) is 0 Å². The van der Waals surface area contributed by atoms with Crippen molar-refractivity contribution in [1.82, 2.24) is 9.80 Å². The van der Waals surface area contributed by atoms with E-state index in [4.69, 9.17) is 0 Å². The molecule has 0 bridgehead atoms. The molecule has 3 rings (SSSR count). The highest BCUT2D eigenvalue weighted by molar-refractivity contribution is 5.77. The van der Waals surface area contributed by atoms with Gasteiger partial charge in [-0.3, -0.25) is 4.79 Å². The summed E-state index contributed by atoms with van der Waals surface area (Å²) in [4.78, 5) is 16.9. The second kappa shape index (κ2) is 6.97. The third-order valence-electron chi connectivity index (χ3n) is 5.24. The Balaban J connectivity index is 1.65. The third kappa shape index (κ3) is 3.56. The van der Waals surface area contributed by atoms with E-state index in [1.807, 2.05) is 4.90 Å². The summed E-state index contributed by atoms with van der Waals surface area (Å²) in [6, 6.07) is 6.55. The van der Waals surface area contributed by atoms with Gasteiger partial charge in [-0.2, -0.15) is 0 Å². The number of carbonyl (C=O) groups is 1. The highest BCUT2D eigenvalue weighted by Crippen LogP contribution is 2.30. The van der Waals surface area contributed by atoms with E-state index in [2.05, 4.69) is 11.9 Å². The molecule has 5 heteroatoms. The van der Waals surface area contributed by atoms with E-state index in [1.165, 1.54) is 18.6 Å². The summed E-state index contributed by atoms with van der Waals surface area (Å²) in [6.45, 7) is 1.86. The van der Waals surface area contributed by atoms with Gasteiger partial charge < -0.3 is 14.9 Å². The van der Waals surface area contributed by atoms with Gasteiger partial charge in [0, 0.05) is 18.6 Å². The fourth-order valence-electron chi connectivity index (χ4n) is 4.04. The van der Waals surface area contributed by atoms with Crippen LogP contribution in [0, 0.1) is 5.82 Å². The Labute approximate surface area is 136 Å². The first-order valence-corrected chi connectivity index (χ1v) is 8.49. The summed E-state index contributed by atoms with van der Waals surface area (Å²) in [7, 11) is 2.13. The Bertz CT molecular complexity index is 566. The number of hydrogen-bond acceptors (Lipinski definition) is 3. The molecule has 126 valence electrons. The molecule has 23 heavy (non-hydrogen) atoms. The number of likely N-dealkylation sites (N-methyl/N-ethyl adjacent to an activating group) is 1. The number of hydrogen-bond donors (Lipinski definition) is 1. The molecule has 2 aliphatic heterocycles. The number of aliphatic hydroxyl groups is 1. The van der Waals surface area contributed by atoms with E-state index in [-0.39, 0.29) is 24.2 Å². The van der Waals surface area contributed by atoms with Crippen molar-refractivity contribution in [3.63, 3.8) is 0 Å². The van der Waals surface area contributed by atoms with Crippen molar-refractivity contribution in [2.45, 2.75) is 50.3 Å². The molecule has 4 nitrogen and oxygen atoms in total. The quantitative estimate of drug-likeness (QED) is 0.926. The maximum absolute atomic E-state index is 13.3. The molecule has 1 aromatic rings. The van der Waals surface area contributed by atoms with Crippen LogP contribution in [0.3, 0.4) is 0 Å². The van der Waals surface area contributed by atoms with Gasteiger partial charge in [-0.1, -0.05) is 12.1 Å². The molecule has 2 saturated heterocycles. The van der Waals surface area contributed by atoms with Crippen LogP contribution in [-0.2, 0) is 4.79 Å². The monoisotopic (exact) mass is 320 g/mol. The van der Waals surface area contributed by atoms with Crippen molar-refractivity contribution < 1.29 is 14.3 Å². The predicted molar refractivity (Wildman–Crippen MR) is 86.4 cm³/mol. The maximum Gasteiger partial charge on any atom is 0.225 e. The molecule has 2 fully saturated rings. The predicted octanol–water partition coefficient (Wildman–Crippen LogP) is 2.33. The van der Waals surface area contributed by atoms with Crippen molar-refractivity contribution in [3.8, 4) is 0 Å². The van der Waals surface area contributed by atoms with Crippen LogP contribution in [0.1, 0.15) is 43.8 Å². The zero-order chi connectivity index (χ0) is 16.4. The lowest BCUT2D eigenvalue weighted by molar-refractivity contribution is -0.135. The minimum absolute atomic E-state index is 0.0236. The first-order chi connectivity index (χ1) is 11.1. The van der Waals surface area contributed by atoms with Gasteiger partial charge in [-0.05, 0) is 57.0 Å². The summed E-state index contributed by atoms with van der Waals surface area (Å²) in [5.74, 6) is -0.412. The molecule has 2 aliphatic rings. The molecule has 0 aliphatic carbocycles. The number of amides is 1. The number of rotatable bonds is 4. The number of benzene rings is 1. The van der Waals surface area contributed by atoms with Crippen LogP contribution >= 0.6 is 0 Å². The average Bonchev–Trinajstić information content (AvgIpc) is 3.15. The van der Waals surface area contributed by atoms with Crippen molar-refractivity contribution in [2.24, 2.45) is 0 Å². The van der Waals surface area contributed by atoms with Crippen LogP contribution in [0.25, 0.3) is 0 Å². The zero-order valence-electron chi connectivity index (χ0n) is 13.6. The summed E-state index contributed by atoms with van der Waals surface area (Å²) in [6.07, 6.45) is 3.47. The second-order valence-electron chi connectivity index (χ2n) is 6.76. The Morgan fingerprint density at radius 2 is 2.04 bits per heavy atom. The largest absolute Gasteiger partial charge is 0.388 e. The molecular formula is C18H25FN2O2. The lowest BCUT2D eigenvalue weighted by atomic mass is 10.0. The van der Waals surface area contributed by atoms with Crippen molar-refractivity contribution in [3.05, 3.63) is 35.6 Å². The highest BCUT2D eigenvalue weighted by Gasteiger charge is 2.38. The molecule has 0 saturated carbocycles. The lowest BCUT2D eigenvalue weighted by Gasteiger charge is -2.33. The SMILES string of the molecule is CN1CCCC1C1CCCN1C(=O)CC(O)c1cccc(F)c1. The van der Waals surface area contributed by atoms with E-state index in [1.54, 1.807) is 12.1 Å². The maximum atomic E-state index is 13.3. The fourth-order valence-corrected chi connectivity index (χ4v) is 4.04. The average molecular weight is 320 g/mol. The standard InChI is InChI=1S/C18H25FN2O2/c1-20-9-3-7-15(20)16-8-4-10-21(16)18(23)12-17(22)13-5-2-6-14(19)11-13/h2,5-6,11,15-17,22H,3-4,7-10,12H2,1H3. The van der Waals surface area contributed by atoms with Gasteiger partial charge >= 0.3 is 0 Å². The van der Waals surface area contributed by atoms with Crippen LogP contribution in [-0.4, -0.2) is 53.0 Å². The Morgan fingerprint density at radius 1 is 1.30 bits per heavy atom. The smallest absolute Gasteiger partial charge is 0.225 e. The Kier molecular flexibility index (Phi) is 4.97. The Morgan fingerprint density at radius 3 is 2.74 bits per heavy atom. The molecule has 1 aromatic carbocycles. The zero-order valence-corrected chi connectivity index (χ0v) is 13.6. The van der Waals surface area contributed by atoms with E-state index in [9.17, 15) is 14.3 Å². The van der Waals surface area contributed by atoms with E-state index >= 15 is 0 Å². The van der Waals surface area contributed by atoms with Gasteiger partial charge in [0.15, 0.2) is 0 Å². The molecular weight excluding hydrogens is 295 g/mol. The van der Waals surface area contributed by atoms with Gasteiger partial charge in [0.05, 0.1) is 12.5 Å². The molecule has 2 heterocycles. The van der Waals surface area contributed by atoms with Crippen LogP contribution < -0.4 is 0 Å². The topological polar surface area (TPSA) is 43.8 Å². The summed E-state index contributed by atoms with van der Waals surface area (Å²) < 4.78 is 13.3. The first-order valence-electron chi connectivity index (χ1n) is 8.49. The van der Waals surface area contributed by atoms with Crippen LogP contribution in [0.15, 0.2) is 24.3 Å². The van der Waals surface area contributed by atoms with Crippen molar-refractivity contribution in [1.29, 1.82) is 0 Å². The van der Waals surface area contributed by atoms with Gasteiger partial charge in [0.1, 0.15) is 5.82 Å². The number of halogens is 1. The van der Waals surface area contributed by atoms with Crippen LogP contribution in [0.5, 0.6) is 0 Å². The third-order valence-corrected chi connectivity index (χ3v) is 5.24. The number of nitrogens with zero attached hydrogens (tertiary/aromatic N) is 2. The lowest BCUT2D eigenvalue weighted by Crippen LogP contribution is -2.47. The van der Waals surface area contributed by atoms with Crippen LogP contribution in [0.4, 0.5) is 4.39 Å². The van der Waals surface area contributed by atoms with E-state index in [0.29, 0.717) is 11.6 Å². The first kappa shape index (κ1) is 16.4. The van der Waals surface area contributed by atoms with Gasteiger partial charge in [0.2, 0.25) is 5.91 Å². The second-order valence-corrected chi connectivity index (χ2v) is 6.76. The highest BCUT2D eigenvalue weighted by atomic mass is 19.1. The number of carbonyl (C=O) groups excluding carboxylic acids is 1. The van der Waals surface area contributed by atoms with Crippen molar-refractivity contribution in [2.75, 3.05) is 20.1 Å². The fraction of sp³-hybridized carbons (Fsp3) is 0.611. The van der Waals surface area contributed by atoms with E-state index in [0.717, 1.165) is 32.4 Å². The normalized spacial score (nSPS) is 26.7. The van der Waals surface area contributed by atoms with Gasteiger partial charge in [-0.25, -0.2) is 4.39 Å². The number of aliphatic hydroxyl groups excluding tert-OH is 1. The molecule has 1 N–H and O–H groups in total.